The number of carboxylic acids is 1. The van der Waals surface area contributed by atoms with Crippen LogP contribution >= 0.6 is 22.9 Å². The average Bonchev–Trinajstić information content (AvgIpc) is 3.22. The van der Waals surface area contributed by atoms with E-state index in [0.29, 0.717) is 29.7 Å². The summed E-state index contributed by atoms with van der Waals surface area (Å²) in [6.45, 7) is 2.40. The molecule has 1 N–H and O–H groups in total. The number of aliphatic carboxylic acids is 1. The summed E-state index contributed by atoms with van der Waals surface area (Å²) >= 11 is 7.47. The first-order valence-corrected chi connectivity index (χ1v) is 10.6. The van der Waals surface area contributed by atoms with Gasteiger partial charge in [0.2, 0.25) is 0 Å². The first-order chi connectivity index (χ1) is 14.5. The summed E-state index contributed by atoms with van der Waals surface area (Å²) in [5.41, 5.74) is 2.56. The lowest BCUT2D eigenvalue weighted by Crippen LogP contribution is -2.26. The normalized spacial score (nSPS) is 11.8. The number of carboxylic acid groups (broad SMARTS) is 1. The molecule has 0 radical (unpaired) electrons. The summed E-state index contributed by atoms with van der Waals surface area (Å²) in [6.07, 6.45) is -0.708. The van der Waals surface area contributed by atoms with E-state index in [1.54, 1.807) is 25.1 Å². The van der Waals surface area contributed by atoms with Crippen molar-refractivity contribution in [1.29, 1.82) is 0 Å². The molecule has 6 nitrogen and oxygen atoms in total. The van der Waals surface area contributed by atoms with Gasteiger partial charge < -0.3 is 19.3 Å². The van der Waals surface area contributed by atoms with E-state index in [0.717, 1.165) is 21.8 Å². The molecular formula is C22H22ClNO5S. The van der Waals surface area contributed by atoms with Crippen molar-refractivity contribution in [1.82, 2.24) is 4.98 Å². The molecule has 1 atom stereocenters. The van der Waals surface area contributed by atoms with Gasteiger partial charge in [0.05, 0.1) is 12.8 Å². The number of aromatic nitrogens is 1. The average molecular weight is 448 g/mol. The minimum atomic E-state index is -1.00. The first kappa shape index (κ1) is 22.1. The Morgan fingerprint density at radius 3 is 2.67 bits per heavy atom. The van der Waals surface area contributed by atoms with Gasteiger partial charge in [-0.3, -0.25) is 0 Å². The maximum atomic E-state index is 11.3. The van der Waals surface area contributed by atoms with Crippen LogP contribution in [0.15, 0.2) is 47.8 Å². The van der Waals surface area contributed by atoms with Gasteiger partial charge in [0, 0.05) is 35.1 Å². The number of halogens is 1. The topological polar surface area (TPSA) is 77.9 Å². The number of ether oxygens (including phenoxy) is 3. The van der Waals surface area contributed by atoms with E-state index in [4.69, 9.17) is 25.8 Å². The van der Waals surface area contributed by atoms with Crippen molar-refractivity contribution in [2.75, 3.05) is 13.7 Å². The van der Waals surface area contributed by atoms with Crippen LogP contribution in [0, 0.1) is 0 Å². The fraction of sp³-hybridized carbons (Fsp3) is 0.273. The summed E-state index contributed by atoms with van der Waals surface area (Å²) in [5.74, 6) is 0.165. The second-order valence-electron chi connectivity index (χ2n) is 6.40. The summed E-state index contributed by atoms with van der Waals surface area (Å²) in [5, 5.41) is 12.8. The molecule has 0 spiro atoms. The molecule has 0 amide bonds. The number of benzene rings is 2. The number of rotatable bonds is 10. The molecule has 0 saturated carbocycles. The van der Waals surface area contributed by atoms with Crippen LogP contribution in [0.5, 0.6) is 11.5 Å². The summed E-state index contributed by atoms with van der Waals surface area (Å²) in [6, 6.07) is 12.9. The minimum absolute atomic E-state index is 0.211. The quantitative estimate of drug-likeness (QED) is 0.466. The van der Waals surface area contributed by atoms with E-state index in [1.807, 2.05) is 29.6 Å². The van der Waals surface area contributed by atoms with Gasteiger partial charge >= 0.3 is 5.97 Å². The molecule has 0 bridgehead atoms. The number of thiazole rings is 1. The molecule has 0 aliphatic rings. The second kappa shape index (κ2) is 10.4. The molecule has 158 valence electrons. The Hall–Kier alpha value is -2.61. The Balaban J connectivity index is 1.66. The number of hydrogen-bond acceptors (Lipinski definition) is 6. The summed E-state index contributed by atoms with van der Waals surface area (Å²) < 4.78 is 16.6. The zero-order chi connectivity index (χ0) is 21.5. The van der Waals surface area contributed by atoms with Crippen molar-refractivity contribution >= 4 is 28.9 Å². The van der Waals surface area contributed by atoms with Crippen LogP contribution in [0.3, 0.4) is 0 Å². The first-order valence-electron chi connectivity index (χ1n) is 9.34. The number of methoxy groups -OCH3 is 1. The maximum absolute atomic E-state index is 11.3. The lowest BCUT2D eigenvalue weighted by atomic mass is 10.1. The minimum Gasteiger partial charge on any atom is -0.496 e. The maximum Gasteiger partial charge on any atom is 0.333 e. The highest BCUT2D eigenvalue weighted by Gasteiger charge is 2.20. The van der Waals surface area contributed by atoms with Gasteiger partial charge in [0.25, 0.3) is 0 Å². The van der Waals surface area contributed by atoms with Crippen molar-refractivity contribution in [2.45, 2.75) is 26.1 Å². The highest BCUT2D eigenvalue weighted by atomic mass is 35.5. The Bertz CT molecular complexity index is 989. The number of carbonyl (C=O) groups is 1. The van der Waals surface area contributed by atoms with E-state index in [-0.39, 0.29) is 6.42 Å². The smallest absolute Gasteiger partial charge is 0.333 e. The third-order valence-corrected chi connectivity index (χ3v) is 5.53. The van der Waals surface area contributed by atoms with Gasteiger partial charge in [-0.1, -0.05) is 29.8 Å². The van der Waals surface area contributed by atoms with E-state index in [9.17, 15) is 9.90 Å². The van der Waals surface area contributed by atoms with Crippen molar-refractivity contribution < 1.29 is 24.1 Å². The van der Waals surface area contributed by atoms with Gasteiger partial charge in [-0.2, -0.15) is 0 Å². The van der Waals surface area contributed by atoms with Crippen LogP contribution < -0.4 is 9.47 Å². The van der Waals surface area contributed by atoms with Crippen molar-refractivity contribution in [3.63, 3.8) is 0 Å². The highest BCUT2D eigenvalue weighted by molar-refractivity contribution is 7.13. The van der Waals surface area contributed by atoms with Crippen LogP contribution in [0.1, 0.15) is 18.2 Å². The molecule has 0 fully saturated rings. The zero-order valence-corrected chi connectivity index (χ0v) is 18.2. The monoisotopic (exact) mass is 447 g/mol. The lowest BCUT2D eigenvalue weighted by Gasteiger charge is -2.15. The third kappa shape index (κ3) is 5.72. The Morgan fingerprint density at radius 1 is 1.23 bits per heavy atom. The van der Waals surface area contributed by atoms with Gasteiger partial charge in [-0.05, 0) is 30.7 Å². The van der Waals surface area contributed by atoms with E-state index in [1.165, 1.54) is 18.4 Å². The van der Waals surface area contributed by atoms with Gasteiger partial charge in [0.1, 0.15) is 23.1 Å². The van der Waals surface area contributed by atoms with E-state index in [2.05, 4.69) is 4.98 Å². The van der Waals surface area contributed by atoms with E-state index < -0.39 is 12.1 Å². The number of nitrogens with zero attached hydrogens (tertiary/aromatic N) is 1. The van der Waals surface area contributed by atoms with Crippen LogP contribution in [-0.2, 0) is 22.6 Å². The van der Waals surface area contributed by atoms with Crippen LogP contribution in [0.25, 0.3) is 10.6 Å². The molecule has 0 saturated heterocycles. The van der Waals surface area contributed by atoms with E-state index >= 15 is 0 Å². The summed E-state index contributed by atoms with van der Waals surface area (Å²) in [7, 11) is 1.54. The molecule has 1 aromatic heterocycles. The fourth-order valence-corrected chi connectivity index (χ4v) is 3.79. The van der Waals surface area contributed by atoms with Gasteiger partial charge in [-0.25, -0.2) is 9.78 Å². The summed E-state index contributed by atoms with van der Waals surface area (Å²) in [4.78, 5) is 15.9. The molecular weight excluding hydrogens is 426 g/mol. The second-order valence-corrected chi connectivity index (χ2v) is 7.69. The zero-order valence-electron chi connectivity index (χ0n) is 16.6. The third-order valence-electron chi connectivity index (χ3n) is 4.34. The molecule has 0 aliphatic heterocycles. The SMILES string of the molecule is CCO[C@@H](Cc1ccc(OCc2csc(-c3ccc(Cl)cc3)n2)cc1OC)C(=O)O. The molecule has 1 heterocycles. The molecule has 3 aromatic rings. The lowest BCUT2D eigenvalue weighted by molar-refractivity contribution is -0.149. The van der Waals surface area contributed by atoms with Crippen LogP contribution in [0.2, 0.25) is 5.02 Å². The Labute approximate surface area is 184 Å². The molecule has 8 heteroatoms. The van der Waals surface area contributed by atoms with Gasteiger partial charge in [0.15, 0.2) is 6.10 Å². The highest BCUT2D eigenvalue weighted by Crippen LogP contribution is 2.28. The standard InChI is InChI=1S/C22H22ClNO5S/c1-3-28-20(22(25)26)10-15-6-9-18(11-19(15)27-2)29-12-17-13-30-21(24-17)14-4-7-16(23)8-5-14/h4-9,11,13,20H,3,10,12H2,1-2H3,(H,25,26)/t20-/m0/s1. The number of hydrogen-bond donors (Lipinski definition) is 1. The van der Waals surface area contributed by atoms with Gasteiger partial charge in [-0.15, -0.1) is 11.3 Å². The molecule has 3 rings (SSSR count). The Morgan fingerprint density at radius 2 is 2.00 bits per heavy atom. The molecule has 30 heavy (non-hydrogen) atoms. The van der Waals surface area contributed by atoms with Crippen LogP contribution in [0.4, 0.5) is 0 Å². The predicted octanol–water partition coefficient (Wildman–Crippen LogP) is 5.08. The van der Waals surface area contributed by atoms with Crippen molar-refractivity contribution in [3.8, 4) is 22.1 Å². The largest absolute Gasteiger partial charge is 0.496 e. The Kier molecular flexibility index (Phi) is 7.68. The van der Waals surface area contributed by atoms with Crippen molar-refractivity contribution in [2.24, 2.45) is 0 Å². The molecule has 0 aliphatic carbocycles. The molecule has 2 aromatic carbocycles. The van der Waals surface area contributed by atoms with Crippen LogP contribution in [-0.4, -0.2) is 35.9 Å². The molecule has 0 unspecified atom stereocenters. The van der Waals surface area contributed by atoms with Crippen molar-refractivity contribution in [3.05, 3.63) is 64.1 Å². The fourth-order valence-electron chi connectivity index (χ4n) is 2.86. The predicted molar refractivity (Wildman–Crippen MR) is 117 cm³/mol.